The molecule has 1 rings (SSSR count). The summed E-state index contributed by atoms with van der Waals surface area (Å²) in [7, 11) is 0. The lowest BCUT2D eigenvalue weighted by Gasteiger charge is -2.17. The zero-order valence-electron chi connectivity index (χ0n) is 4.35. The van der Waals surface area contributed by atoms with E-state index in [2.05, 4.69) is 11.8 Å². The molecule has 0 heterocycles. The number of hydrogen-bond donors (Lipinski definition) is 2. The van der Waals surface area contributed by atoms with Gasteiger partial charge in [0.1, 0.15) is 6.04 Å². The number of hydrogen-bond acceptors (Lipinski definition) is 1. The highest BCUT2D eigenvalue weighted by Crippen LogP contribution is 2.12. The van der Waals surface area contributed by atoms with Crippen LogP contribution >= 0.6 is 0 Å². The van der Waals surface area contributed by atoms with E-state index in [1.807, 2.05) is 0 Å². The lowest BCUT2D eigenvalue weighted by molar-refractivity contribution is -0.411. The predicted octanol–water partition coefficient (Wildman–Crippen LogP) is -1.11. The normalized spacial score (nSPS) is 28.9. The van der Waals surface area contributed by atoms with E-state index in [-0.39, 0.29) is 0 Å². The molecule has 0 aliphatic heterocycles. The molecule has 0 spiro atoms. The lowest BCUT2D eigenvalue weighted by atomic mass is 9.93. The minimum atomic E-state index is 0.532. The van der Waals surface area contributed by atoms with Crippen LogP contribution in [0, 0.1) is 0 Å². The Morgan fingerprint density at radius 2 is 2.71 bits per heavy atom. The van der Waals surface area contributed by atoms with E-state index in [1.165, 1.54) is 5.57 Å². The quantitative estimate of drug-likeness (QED) is 0.402. The van der Waals surface area contributed by atoms with Crippen molar-refractivity contribution in [2.75, 3.05) is 6.54 Å². The van der Waals surface area contributed by atoms with E-state index >= 15 is 0 Å². The lowest BCUT2D eigenvalue weighted by Crippen LogP contribution is -2.65. The van der Waals surface area contributed by atoms with Crippen LogP contribution in [-0.2, 0) is 0 Å². The first kappa shape index (κ1) is 4.81. The van der Waals surface area contributed by atoms with E-state index in [0.29, 0.717) is 12.6 Å². The molecule has 0 radical (unpaired) electrons. The molecule has 1 atom stereocenters. The van der Waals surface area contributed by atoms with E-state index in [1.54, 1.807) is 0 Å². The Bertz CT molecular complexity index is 96.3. The molecule has 0 saturated carbocycles. The second-order valence-corrected chi connectivity index (χ2v) is 1.92. The maximum Gasteiger partial charge on any atom is 0.111 e. The summed E-state index contributed by atoms with van der Waals surface area (Å²) in [6.45, 7) is 0.703. The molecule has 5 N–H and O–H groups in total. The van der Waals surface area contributed by atoms with Crippen molar-refractivity contribution in [1.29, 1.82) is 0 Å². The highest BCUT2D eigenvalue weighted by molar-refractivity contribution is 5.19. The molecule has 2 heteroatoms. The van der Waals surface area contributed by atoms with Crippen LogP contribution in [0.5, 0.6) is 0 Å². The second kappa shape index (κ2) is 1.64. The average Bonchev–Trinajstić information content (AvgIpc) is 1.65. The van der Waals surface area contributed by atoms with Gasteiger partial charge < -0.3 is 11.5 Å². The third kappa shape index (κ3) is 0.667. The van der Waals surface area contributed by atoms with Crippen LogP contribution in [0.25, 0.3) is 0 Å². The Hall–Kier alpha value is -0.340. The summed E-state index contributed by atoms with van der Waals surface area (Å²) in [5.41, 5.74) is 10.5. The first-order valence-electron chi connectivity index (χ1n) is 2.56. The Morgan fingerprint density at radius 1 is 2.00 bits per heavy atom. The molecule has 0 aromatic rings. The molecule has 1 aliphatic rings. The summed E-state index contributed by atoms with van der Waals surface area (Å²) in [4.78, 5) is 0. The van der Waals surface area contributed by atoms with Gasteiger partial charge in [-0.3, -0.25) is 0 Å². The smallest absolute Gasteiger partial charge is 0.111 e. The molecule has 0 fully saturated rings. The standard InChI is InChI=1S/C5H10N2/c6-3-4-1-2-5(4)7/h1,5H,2-3,6-7H2/p+1. The third-order valence-electron chi connectivity index (χ3n) is 1.42. The van der Waals surface area contributed by atoms with Crippen LogP contribution in [0.3, 0.4) is 0 Å². The third-order valence-corrected chi connectivity index (χ3v) is 1.42. The molecular formula is C5H11N2+. The Morgan fingerprint density at radius 3 is 2.71 bits per heavy atom. The topological polar surface area (TPSA) is 53.7 Å². The Balaban J connectivity index is 2.41. The molecule has 0 bridgehead atoms. The van der Waals surface area contributed by atoms with Crippen molar-refractivity contribution in [1.82, 2.24) is 0 Å². The van der Waals surface area contributed by atoms with E-state index in [9.17, 15) is 0 Å². The van der Waals surface area contributed by atoms with Crippen molar-refractivity contribution in [2.45, 2.75) is 12.5 Å². The molecule has 40 valence electrons. The summed E-state index contributed by atoms with van der Waals surface area (Å²) >= 11 is 0. The Kier molecular flexibility index (Phi) is 1.13. The minimum Gasteiger partial charge on any atom is -0.351 e. The van der Waals surface area contributed by atoms with Crippen molar-refractivity contribution >= 4 is 0 Å². The van der Waals surface area contributed by atoms with Crippen LogP contribution in [0.15, 0.2) is 11.6 Å². The fourth-order valence-electron chi connectivity index (χ4n) is 0.701. The molecule has 7 heavy (non-hydrogen) atoms. The van der Waals surface area contributed by atoms with Crippen LogP contribution in [0.1, 0.15) is 6.42 Å². The summed E-state index contributed by atoms with van der Waals surface area (Å²) < 4.78 is 0. The molecule has 0 amide bonds. The van der Waals surface area contributed by atoms with Gasteiger partial charge in [-0.25, -0.2) is 0 Å². The van der Waals surface area contributed by atoms with Crippen molar-refractivity contribution in [3.8, 4) is 0 Å². The van der Waals surface area contributed by atoms with Gasteiger partial charge in [-0.2, -0.15) is 0 Å². The van der Waals surface area contributed by atoms with Gasteiger partial charge in [0.05, 0.1) is 0 Å². The number of quaternary nitrogens is 1. The molecule has 0 saturated heterocycles. The highest BCUT2D eigenvalue weighted by atomic mass is 14.7. The molecule has 2 nitrogen and oxygen atoms in total. The van der Waals surface area contributed by atoms with Gasteiger partial charge in [-0.05, 0) is 5.57 Å². The number of rotatable bonds is 1. The van der Waals surface area contributed by atoms with Crippen LogP contribution in [0.2, 0.25) is 0 Å². The number of nitrogens with two attached hydrogens (primary N) is 1. The average molecular weight is 99.2 g/mol. The van der Waals surface area contributed by atoms with Gasteiger partial charge >= 0.3 is 0 Å². The molecular weight excluding hydrogens is 88.1 g/mol. The molecule has 0 aromatic carbocycles. The SMILES string of the molecule is NCC1=CCC1[NH3+]. The van der Waals surface area contributed by atoms with Gasteiger partial charge in [0.15, 0.2) is 0 Å². The zero-order chi connectivity index (χ0) is 5.28. The highest BCUT2D eigenvalue weighted by Gasteiger charge is 2.17. The summed E-state index contributed by atoms with van der Waals surface area (Å²) in [6.07, 6.45) is 3.28. The Labute approximate surface area is 43.2 Å². The van der Waals surface area contributed by atoms with E-state index < -0.39 is 0 Å². The van der Waals surface area contributed by atoms with Gasteiger partial charge in [0.2, 0.25) is 0 Å². The summed E-state index contributed by atoms with van der Waals surface area (Å²) in [5, 5.41) is 0. The van der Waals surface area contributed by atoms with Crippen LogP contribution in [0.4, 0.5) is 0 Å². The van der Waals surface area contributed by atoms with Crippen LogP contribution in [-0.4, -0.2) is 12.6 Å². The van der Waals surface area contributed by atoms with E-state index in [4.69, 9.17) is 5.73 Å². The monoisotopic (exact) mass is 99.1 g/mol. The molecule has 1 unspecified atom stereocenters. The minimum absolute atomic E-state index is 0.532. The fraction of sp³-hybridized carbons (Fsp3) is 0.600. The van der Waals surface area contributed by atoms with Crippen molar-refractivity contribution in [3.63, 3.8) is 0 Å². The summed E-state index contributed by atoms with van der Waals surface area (Å²) in [6, 6.07) is 0.532. The van der Waals surface area contributed by atoms with Gasteiger partial charge in [-0.1, -0.05) is 6.08 Å². The van der Waals surface area contributed by atoms with E-state index in [0.717, 1.165) is 6.42 Å². The van der Waals surface area contributed by atoms with Gasteiger partial charge in [0, 0.05) is 13.0 Å². The fourth-order valence-corrected chi connectivity index (χ4v) is 0.701. The van der Waals surface area contributed by atoms with Crippen molar-refractivity contribution < 1.29 is 5.73 Å². The second-order valence-electron chi connectivity index (χ2n) is 1.92. The first-order valence-corrected chi connectivity index (χ1v) is 2.56. The van der Waals surface area contributed by atoms with Gasteiger partial charge in [-0.15, -0.1) is 0 Å². The summed E-state index contributed by atoms with van der Waals surface area (Å²) in [5.74, 6) is 0. The van der Waals surface area contributed by atoms with Crippen molar-refractivity contribution in [2.24, 2.45) is 5.73 Å². The van der Waals surface area contributed by atoms with Crippen molar-refractivity contribution in [3.05, 3.63) is 11.6 Å². The molecule has 1 aliphatic carbocycles. The van der Waals surface area contributed by atoms with Crippen LogP contribution < -0.4 is 11.5 Å². The molecule has 0 aromatic heterocycles. The first-order chi connectivity index (χ1) is 3.34. The maximum absolute atomic E-state index is 5.32. The largest absolute Gasteiger partial charge is 0.351 e. The zero-order valence-corrected chi connectivity index (χ0v) is 4.35. The predicted molar refractivity (Wildman–Crippen MR) is 28.4 cm³/mol. The van der Waals surface area contributed by atoms with Gasteiger partial charge in [0.25, 0.3) is 0 Å². The maximum atomic E-state index is 5.32.